The number of amides is 2. The van der Waals surface area contributed by atoms with Crippen molar-refractivity contribution in [2.45, 2.75) is 34.2 Å². The van der Waals surface area contributed by atoms with Gasteiger partial charge in [-0.15, -0.1) is 0 Å². The van der Waals surface area contributed by atoms with Crippen LogP contribution in [-0.2, 0) is 6.54 Å². The third kappa shape index (κ3) is 3.92. The Labute approximate surface area is 179 Å². The number of carbonyl (C=O) groups excluding carboxylic acids is 2. The van der Waals surface area contributed by atoms with Crippen molar-refractivity contribution >= 4 is 22.8 Å². The van der Waals surface area contributed by atoms with E-state index in [1.807, 2.05) is 56.6 Å². The van der Waals surface area contributed by atoms with Gasteiger partial charge in [-0.25, -0.2) is 9.67 Å². The van der Waals surface area contributed by atoms with E-state index in [1.54, 1.807) is 24.3 Å². The molecule has 0 radical (unpaired) electrons. The predicted octanol–water partition coefficient (Wildman–Crippen LogP) is 3.24. The Bertz CT molecular complexity index is 1280. The largest absolute Gasteiger partial charge is 0.329 e. The zero-order valence-corrected chi connectivity index (χ0v) is 17.9. The molecule has 158 valence electrons. The van der Waals surface area contributed by atoms with E-state index >= 15 is 0 Å². The molecule has 2 N–H and O–H groups in total. The maximum absolute atomic E-state index is 12.5. The summed E-state index contributed by atoms with van der Waals surface area (Å²) in [4.78, 5) is 29.4. The quantitative estimate of drug-likeness (QED) is 0.500. The van der Waals surface area contributed by atoms with Gasteiger partial charge in [-0.05, 0) is 76.2 Å². The topological polar surface area (TPSA) is 93.8 Å². The van der Waals surface area contributed by atoms with Crippen molar-refractivity contribution in [3.8, 4) is 5.69 Å². The third-order valence-corrected chi connectivity index (χ3v) is 5.19. The number of aryl methyl sites for hydroxylation is 4. The van der Waals surface area contributed by atoms with Gasteiger partial charge < -0.3 is 4.57 Å². The molecule has 0 bridgehead atoms. The number of fused-ring (bicyclic) bond motifs is 1. The highest BCUT2D eigenvalue weighted by Gasteiger charge is 2.13. The SMILES string of the molecule is CCn1c(C)nc2cc(C(=O)NNC(=O)c3ccc(-n4nc(C)cc4C)cc3)ccc21. The summed E-state index contributed by atoms with van der Waals surface area (Å²) >= 11 is 0. The van der Waals surface area contributed by atoms with Gasteiger partial charge in [0.15, 0.2) is 0 Å². The number of hydrogen-bond acceptors (Lipinski definition) is 4. The van der Waals surface area contributed by atoms with E-state index in [2.05, 4.69) is 25.5 Å². The molecule has 4 aromatic rings. The molecule has 2 amide bonds. The molecule has 2 aromatic heterocycles. The van der Waals surface area contributed by atoms with E-state index in [0.717, 1.165) is 40.5 Å². The van der Waals surface area contributed by atoms with Crippen LogP contribution in [0, 0.1) is 20.8 Å². The lowest BCUT2D eigenvalue weighted by atomic mass is 10.2. The first-order valence-corrected chi connectivity index (χ1v) is 10.1. The van der Waals surface area contributed by atoms with Gasteiger partial charge in [0.05, 0.1) is 22.4 Å². The number of imidazole rings is 1. The summed E-state index contributed by atoms with van der Waals surface area (Å²) in [5, 5.41) is 4.43. The Morgan fingerprint density at radius 2 is 1.55 bits per heavy atom. The van der Waals surface area contributed by atoms with Gasteiger partial charge in [0, 0.05) is 23.4 Å². The van der Waals surface area contributed by atoms with Gasteiger partial charge in [-0.2, -0.15) is 5.10 Å². The van der Waals surface area contributed by atoms with Crippen molar-refractivity contribution in [2.24, 2.45) is 0 Å². The molecule has 8 heteroatoms. The summed E-state index contributed by atoms with van der Waals surface area (Å²) in [5.74, 6) is 0.0888. The van der Waals surface area contributed by atoms with Crippen LogP contribution in [0.1, 0.15) is 44.9 Å². The molecular weight excluding hydrogens is 392 g/mol. The van der Waals surface area contributed by atoms with Gasteiger partial charge in [0.1, 0.15) is 5.82 Å². The summed E-state index contributed by atoms with van der Waals surface area (Å²) in [5.41, 5.74) is 10.3. The van der Waals surface area contributed by atoms with Crippen LogP contribution in [0.15, 0.2) is 48.5 Å². The Balaban J connectivity index is 1.43. The number of rotatable bonds is 4. The molecule has 0 atom stereocenters. The monoisotopic (exact) mass is 416 g/mol. The molecule has 4 rings (SSSR count). The van der Waals surface area contributed by atoms with Gasteiger partial charge in [0.2, 0.25) is 0 Å². The molecular formula is C23H24N6O2. The maximum atomic E-state index is 12.5. The average molecular weight is 416 g/mol. The minimum atomic E-state index is -0.404. The maximum Gasteiger partial charge on any atom is 0.269 e. The van der Waals surface area contributed by atoms with Crippen LogP contribution >= 0.6 is 0 Å². The molecule has 0 saturated heterocycles. The minimum Gasteiger partial charge on any atom is -0.329 e. The number of nitrogens with zero attached hydrogens (tertiary/aromatic N) is 4. The van der Waals surface area contributed by atoms with E-state index < -0.39 is 11.8 Å². The molecule has 0 unspecified atom stereocenters. The highest BCUT2D eigenvalue weighted by atomic mass is 16.2. The zero-order chi connectivity index (χ0) is 22.1. The normalized spacial score (nSPS) is 11.0. The van der Waals surface area contributed by atoms with Crippen molar-refractivity contribution in [3.05, 3.63) is 76.9 Å². The first kappa shape index (κ1) is 20.3. The lowest BCUT2D eigenvalue weighted by Gasteiger charge is -2.09. The van der Waals surface area contributed by atoms with Crippen LogP contribution in [0.2, 0.25) is 0 Å². The van der Waals surface area contributed by atoms with Crippen molar-refractivity contribution in [1.29, 1.82) is 0 Å². The first-order chi connectivity index (χ1) is 14.9. The molecule has 8 nitrogen and oxygen atoms in total. The lowest BCUT2D eigenvalue weighted by molar-refractivity contribution is 0.0847. The standard InChI is InChI=1S/C23H24N6O2/c1-5-28-16(4)24-20-13-18(8-11-21(20)28)23(31)26-25-22(30)17-6-9-19(10-7-17)29-15(3)12-14(2)27-29/h6-13H,5H2,1-4H3,(H,25,30)(H,26,31). The van der Waals surface area contributed by atoms with E-state index in [0.29, 0.717) is 11.1 Å². The molecule has 0 fully saturated rings. The van der Waals surface area contributed by atoms with Crippen molar-refractivity contribution in [1.82, 2.24) is 30.2 Å². The minimum absolute atomic E-state index is 0.402. The number of hydrazine groups is 1. The van der Waals surface area contributed by atoms with E-state index in [4.69, 9.17) is 0 Å². The van der Waals surface area contributed by atoms with Crippen molar-refractivity contribution in [2.75, 3.05) is 0 Å². The Hall–Kier alpha value is -3.94. The fourth-order valence-corrected chi connectivity index (χ4v) is 3.69. The van der Waals surface area contributed by atoms with Crippen LogP contribution < -0.4 is 10.9 Å². The van der Waals surface area contributed by atoms with Crippen LogP contribution in [0.25, 0.3) is 16.7 Å². The average Bonchev–Trinajstić information content (AvgIpc) is 3.27. The second kappa shape index (κ2) is 8.06. The van der Waals surface area contributed by atoms with Crippen LogP contribution in [-0.4, -0.2) is 31.1 Å². The van der Waals surface area contributed by atoms with Gasteiger partial charge in [0.25, 0.3) is 11.8 Å². The Kier molecular flexibility index (Phi) is 5.29. The van der Waals surface area contributed by atoms with Crippen LogP contribution in [0.4, 0.5) is 0 Å². The third-order valence-electron chi connectivity index (χ3n) is 5.19. The summed E-state index contributed by atoms with van der Waals surface area (Å²) in [7, 11) is 0. The molecule has 0 aliphatic heterocycles. The van der Waals surface area contributed by atoms with E-state index in [9.17, 15) is 9.59 Å². The van der Waals surface area contributed by atoms with Crippen LogP contribution in [0.5, 0.6) is 0 Å². The molecule has 31 heavy (non-hydrogen) atoms. The van der Waals surface area contributed by atoms with Gasteiger partial charge in [-0.1, -0.05) is 0 Å². The molecule has 0 aliphatic carbocycles. The molecule has 2 heterocycles. The first-order valence-electron chi connectivity index (χ1n) is 10.1. The van der Waals surface area contributed by atoms with E-state index in [-0.39, 0.29) is 0 Å². The second-order valence-electron chi connectivity index (χ2n) is 7.40. The highest BCUT2D eigenvalue weighted by Crippen LogP contribution is 2.18. The second-order valence-corrected chi connectivity index (χ2v) is 7.40. The van der Waals surface area contributed by atoms with E-state index in [1.165, 1.54) is 0 Å². The summed E-state index contributed by atoms with van der Waals surface area (Å²) in [6.07, 6.45) is 0. The summed E-state index contributed by atoms with van der Waals surface area (Å²) in [6.45, 7) is 8.70. The molecule has 0 saturated carbocycles. The number of carbonyl (C=O) groups is 2. The zero-order valence-electron chi connectivity index (χ0n) is 17.9. The Morgan fingerprint density at radius 3 is 2.16 bits per heavy atom. The molecule has 0 aliphatic rings. The van der Waals surface area contributed by atoms with Crippen LogP contribution in [0.3, 0.4) is 0 Å². The summed E-state index contributed by atoms with van der Waals surface area (Å²) < 4.78 is 3.89. The highest BCUT2D eigenvalue weighted by molar-refractivity contribution is 6.00. The number of hydrogen-bond donors (Lipinski definition) is 2. The Morgan fingerprint density at radius 1 is 0.903 bits per heavy atom. The fraction of sp³-hybridized carbons (Fsp3) is 0.217. The smallest absolute Gasteiger partial charge is 0.269 e. The molecule has 0 spiro atoms. The number of benzene rings is 2. The molecule has 2 aromatic carbocycles. The number of nitrogens with one attached hydrogen (secondary N) is 2. The number of aromatic nitrogens is 4. The van der Waals surface area contributed by atoms with Gasteiger partial charge in [-0.3, -0.25) is 20.4 Å². The van der Waals surface area contributed by atoms with Crippen molar-refractivity contribution < 1.29 is 9.59 Å². The fourth-order valence-electron chi connectivity index (χ4n) is 3.69. The lowest BCUT2D eigenvalue weighted by Crippen LogP contribution is -2.41. The van der Waals surface area contributed by atoms with Crippen molar-refractivity contribution in [3.63, 3.8) is 0 Å². The van der Waals surface area contributed by atoms with Gasteiger partial charge >= 0.3 is 0 Å². The summed E-state index contributed by atoms with van der Waals surface area (Å²) in [6, 6.07) is 14.3. The predicted molar refractivity (Wildman–Crippen MR) is 118 cm³/mol.